The molecule has 3 saturated heterocycles. The summed E-state index contributed by atoms with van der Waals surface area (Å²) in [5.74, 6) is 0.197. The first-order valence-corrected chi connectivity index (χ1v) is 9.49. The van der Waals surface area contributed by atoms with Crippen molar-refractivity contribution in [2.24, 2.45) is 11.3 Å². The molecule has 3 aliphatic heterocycles. The third kappa shape index (κ3) is 3.21. The Kier molecular flexibility index (Phi) is 4.92. The zero-order valence-electron chi connectivity index (χ0n) is 16.2. The second kappa shape index (κ2) is 7.40. The number of carbonyl (C=O) groups excluding carboxylic acids is 2. The molecular weight excluding hydrogens is 378 g/mol. The monoisotopic (exact) mass is 401 g/mol. The summed E-state index contributed by atoms with van der Waals surface area (Å²) < 4.78 is 10.1. The molecule has 4 rings (SSSR count). The van der Waals surface area contributed by atoms with Gasteiger partial charge in [-0.15, -0.1) is 0 Å². The molecule has 0 aromatic carbocycles. The molecule has 3 fully saturated rings. The summed E-state index contributed by atoms with van der Waals surface area (Å²) in [4.78, 5) is 33.5. The quantitative estimate of drug-likeness (QED) is 0.712. The highest BCUT2D eigenvalue weighted by atomic mass is 16.6. The molecule has 29 heavy (non-hydrogen) atoms. The van der Waals surface area contributed by atoms with Gasteiger partial charge in [0.1, 0.15) is 24.8 Å². The first kappa shape index (κ1) is 19.3. The maximum atomic E-state index is 12.7. The van der Waals surface area contributed by atoms with Crippen LogP contribution < -0.4 is 9.64 Å². The normalized spacial score (nSPS) is 25.8. The highest BCUT2D eigenvalue weighted by molar-refractivity contribution is 5.83. The van der Waals surface area contributed by atoms with E-state index in [1.165, 1.54) is 12.0 Å². The molecule has 0 saturated carbocycles. The number of fused-ring (bicyclic) bond motifs is 1. The van der Waals surface area contributed by atoms with Gasteiger partial charge < -0.3 is 24.4 Å². The zero-order valence-corrected chi connectivity index (χ0v) is 16.2. The van der Waals surface area contributed by atoms with E-state index in [1.807, 2.05) is 0 Å². The SMILES string of the molecule is COc1nccc(N2C[C@H]3CN(C(=O)CN4CCOC4=O)C[C@@]3(CO)C2)c1C#N. The van der Waals surface area contributed by atoms with E-state index in [0.717, 1.165) is 5.69 Å². The number of hydrogen-bond donors (Lipinski definition) is 1. The van der Waals surface area contributed by atoms with Crippen LogP contribution in [0.4, 0.5) is 10.5 Å². The molecule has 154 valence electrons. The first-order valence-electron chi connectivity index (χ1n) is 9.49. The molecule has 1 N–H and O–H groups in total. The molecule has 0 unspecified atom stereocenters. The van der Waals surface area contributed by atoms with Crippen LogP contribution >= 0.6 is 0 Å². The lowest BCUT2D eigenvalue weighted by Crippen LogP contribution is -2.43. The molecule has 0 radical (unpaired) electrons. The van der Waals surface area contributed by atoms with Crippen LogP contribution in [0.1, 0.15) is 5.56 Å². The fraction of sp³-hybridized carbons (Fsp3) is 0.579. The van der Waals surface area contributed by atoms with Crippen LogP contribution in [0.15, 0.2) is 12.3 Å². The average Bonchev–Trinajstić information content (AvgIpc) is 3.39. The van der Waals surface area contributed by atoms with Gasteiger partial charge in [0.05, 0.1) is 25.9 Å². The number of aliphatic hydroxyl groups excluding tert-OH is 1. The van der Waals surface area contributed by atoms with E-state index in [4.69, 9.17) is 9.47 Å². The number of nitrogens with zero attached hydrogens (tertiary/aromatic N) is 5. The Bertz CT molecular complexity index is 871. The fourth-order valence-corrected chi connectivity index (χ4v) is 4.57. The molecule has 4 heterocycles. The first-order chi connectivity index (χ1) is 14.0. The number of amides is 2. The van der Waals surface area contributed by atoms with E-state index in [-0.39, 0.29) is 30.9 Å². The third-order valence-corrected chi connectivity index (χ3v) is 6.14. The number of aromatic nitrogens is 1. The van der Waals surface area contributed by atoms with Crippen molar-refractivity contribution in [3.63, 3.8) is 0 Å². The molecular formula is C19H23N5O5. The van der Waals surface area contributed by atoms with Gasteiger partial charge in [0.2, 0.25) is 11.8 Å². The number of ether oxygens (including phenoxy) is 2. The second-order valence-electron chi connectivity index (χ2n) is 7.73. The van der Waals surface area contributed by atoms with Gasteiger partial charge in [-0.2, -0.15) is 5.26 Å². The molecule has 1 aromatic heterocycles. The number of carbonyl (C=O) groups is 2. The highest BCUT2D eigenvalue weighted by Crippen LogP contribution is 2.44. The van der Waals surface area contributed by atoms with Crippen molar-refractivity contribution in [1.29, 1.82) is 5.26 Å². The number of pyridine rings is 1. The summed E-state index contributed by atoms with van der Waals surface area (Å²) in [6.07, 6.45) is 1.14. The minimum atomic E-state index is -0.468. The lowest BCUT2D eigenvalue weighted by molar-refractivity contribution is -0.131. The van der Waals surface area contributed by atoms with E-state index in [2.05, 4.69) is 16.0 Å². The third-order valence-electron chi connectivity index (χ3n) is 6.14. The van der Waals surface area contributed by atoms with Gasteiger partial charge in [0.25, 0.3) is 0 Å². The largest absolute Gasteiger partial charge is 0.480 e. The summed E-state index contributed by atoms with van der Waals surface area (Å²) in [7, 11) is 1.47. The molecule has 2 atom stereocenters. The molecule has 2 amide bonds. The summed E-state index contributed by atoms with van der Waals surface area (Å²) in [5, 5.41) is 19.7. The second-order valence-corrected chi connectivity index (χ2v) is 7.73. The van der Waals surface area contributed by atoms with Gasteiger partial charge in [-0.25, -0.2) is 9.78 Å². The van der Waals surface area contributed by atoms with E-state index < -0.39 is 11.5 Å². The van der Waals surface area contributed by atoms with Crippen molar-refractivity contribution in [3.8, 4) is 11.9 Å². The van der Waals surface area contributed by atoms with Crippen LogP contribution in [0.25, 0.3) is 0 Å². The van der Waals surface area contributed by atoms with Crippen molar-refractivity contribution in [2.75, 3.05) is 64.5 Å². The smallest absolute Gasteiger partial charge is 0.410 e. The molecule has 10 nitrogen and oxygen atoms in total. The van der Waals surface area contributed by atoms with Gasteiger partial charge >= 0.3 is 6.09 Å². The molecule has 10 heteroatoms. The van der Waals surface area contributed by atoms with Crippen molar-refractivity contribution in [1.82, 2.24) is 14.8 Å². The Hall–Kier alpha value is -3.06. The molecule has 3 aliphatic rings. The number of likely N-dealkylation sites (tertiary alicyclic amines) is 1. The topological polar surface area (TPSA) is 119 Å². The van der Waals surface area contributed by atoms with Crippen LogP contribution in [-0.4, -0.2) is 91.5 Å². The number of methoxy groups -OCH3 is 1. The number of hydrogen-bond acceptors (Lipinski definition) is 8. The maximum Gasteiger partial charge on any atom is 0.410 e. The van der Waals surface area contributed by atoms with E-state index in [0.29, 0.717) is 44.9 Å². The van der Waals surface area contributed by atoms with E-state index in [9.17, 15) is 20.0 Å². The summed E-state index contributed by atoms with van der Waals surface area (Å²) >= 11 is 0. The Balaban J connectivity index is 1.49. The number of anilines is 1. The number of nitriles is 1. The number of cyclic esters (lactones) is 1. The van der Waals surface area contributed by atoms with Crippen LogP contribution in [0.3, 0.4) is 0 Å². The van der Waals surface area contributed by atoms with Crippen LogP contribution in [-0.2, 0) is 9.53 Å². The number of rotatable bonds is 5. The van der Waals surface area contributed by atoms with Gasteiger partial charge in [-0.1, -0.05) is 0 Å². The van der Waals surface area contributed by atoms with Gasteiger partial charge in [0, 0.05) is 43.7 Å². The minimum Gasteiger partial charge on any atom is -0.480 e. The highest BCUT2D eigenvalue weighted by Gasteiger charge is 2.53. The van der Waals surface area contributed by atoms with Gasteiger partial charge in [-0.3, -0.25) is 9.69 Å². The minimum absolute atomic E-state index is 0.00307. The molecule has 0 spiro atoms. The van der Waals surface area contributed by atoms with Crippen LogP contribution in [0.2, 0.25) is 0 Å². The predicted molar refractivity (Wildman–Crippen MR) is 100 cm³/mol. The van der Waals surface area contributed by atoms with Gasteiger partial charge in [-0.05, 0) is 6.07 Å². The zero-order chi connectivity index (χ0) is 20.6. The number of aliphatic hydroxyl groups is 1. The lowest BCUT2D eigenvalue weighted by atomic mass is 9.82. The van der Waals surface area contributed by atoms with Crippen LogP contribution in [0, 0.1) is 22.7 Å². The maximum absolute atomic E-state index is 12.7. The molecule has 1 aromatic rings. The Morgan fingerprint density at radius 3 is 2.93 bits per heavy atom. The standard InChI is InChI=1S/C19H23N5O5/c1-28-17-14(6-20)15(2-3-21-17)23-7-13-8-24(11-19(13,10-23)12-25)16(26)9-22-4-5-29-18(22)27/h2-3,13,25H,4-5,7-12H2,1H3/t13-,19+/m0/s1. The van der Waals surface area contributed by atoms with Crippen LogP contribution in [0.5, 0.6) is 5.88 Å². The molecule has 0 aliphatic carbocycles. The van der Waals surface area contributed by atoms with Crippen molar-refractivity contribution < 1.29 is 24.2 Å². The fourth-order valence-electron chi connectivity index (χ4n) is 4.57. The average molecular weight is 401 g/mol. The van der Waals surface area contributed by atoms with Crippen molar-refractivity contribution >= 4 is 17.7 Å². The predicted octanol–water partition coefficient (Wildman–Crippen LogP) is -0.329. The van der Waals surface area contributed by atoms with E-state index >= 15 is 0 Å². The van der Waals surface area contributed by atoms with Crippen molar-refractivity contribution in [3.05, 3.63) is 17.8 Å². The lowest BCUT2D eigenvalue weighted by Gasteiger charge is -2.29. The Labute approximate surface area is 168 Å². The summed E-state index contributed by atoms with van der Waals surface area (Å²) in [5.41, 5.74) is 0.618. The Morgan fingerprint density at radius 2 is 2.31 bits per heavy atom. The summed E-state index contributed by atoms with van der Waals surface area (Å²) in [6, 6.07) is 3.93. The summed E-state index contributed by atoms with van der Waals surface area (Å²) in [6.45, 7) is 2.70. The Morgan fingerprint density at radius 1 is 1.48 bits per heavy atom. The molecule has 0 bridgehead atoms. The van der Waals surface area contributed by atoms with Crippen molar-refractivity contribution in [2.45, 2.75) is 0 Å². The van der Waals surface area contributed by atoms with Gasteiger partial charge in [0.15, 0.2) is 0 Å². The van der Waals surface area contributed by atoms with E-state index in [1.54, 1.807) is 17.2 Å².